The van der Waals surface area contributed by atoms with Crippen molar-refractivity contribution in [1.29, 1.82) is 0 Å². The van der Waals surface area contributed by atoms with E-state index < -0.39 is 0 Å². The molecule has 1 heterocycles. The topological polar surface area (TPSA) is 67.6 Å². The number of carbonyl (C=O) groups is 1. The molecule has 5 nitrogen and oxygen atoms in total. The molecule has 1 aromatic rings. The van der Waals surface area contributed by atoms with Gasteiger partial charge in [0.25, 0.3) is 0 Å². The van der Waals surface area contributed by atoms with E-state index in [1.807, 2.05) is 13.0 Å². The van der Waals surface area contributed by atoms with E-state index in [9.17, 15) is 4.79 Å². The number of nitrogen functional groups attached to an aromatic ring is 1. The molecule has 1 aliphatic heterocycles. The van der Waals surface area contributed by atoms with Crippen LogP contribution in [0.5, 0.6) is 0 Å². The first-order chi connectivity index (χ1) is 9.60. The minimum atomic E-state index is -0.229. The Morgan fingerprint density at radius 3 is 2.85 bits per heavy atom. The molecule has 1 aliphatic rings. The van der Waals surface area contributed by atoms with E-state index in [0.717, 1.165) is 18.5 Å². The summed E-state index contributed by atoms with van der Waals surface area (Å²) < 4.78 is 5.00. The fourth-order valence-corrected chi connectivity index (χ4v) is 2.47. The molecule has 1 aromatic carbocycles. The largest absolute Gasteiger partial charge is 0.450 e. The fourth-order valence-electron chi connectivity index (χ4n) is 2.29. The number of anilines is 2. The minimum Gasteiger partial charge on any atom is -0.450 e. The summed E-state index contributed by atoms with van der Waals surface area (Å²) in [6.45, 7) is 3.61. The summed E-state index contributed by atoms with van der Waals surface area (Å²) in [4.78, 5) is 13.3. The number of halogens is 1. The minimum absolute atomic E-state index is 0.229. The van der Waals surface area contributed by atoms with E-state index in [1.165, 1.54) is 0 Å². The lowest BCUT2D eigenvalue weighted by atomic mass is 10.0. The van der Waals surface area contributed by atoms with Crippen LogP contribution in [0, 0.1) is 0 Å². The monoisotopic (exact) mass is 297 g/mol. The molecule has 6 heteroatoms. The summed E-state index contributed by atoms with van der Waals surface area (Å²) in [5.41, 5.74) is 7.45. The third-order valence-electron chi connectivity index (χ3n) is 3.40. The molecule has 0 atom stereocenters. The van der Waals surface area contributed by atoms with Crippen molar-refractivity contribution in [3.05, 3.63) is 23.2 Å². The van der Waals surface area contributed by atoms with Crippen LogP contribution in [0.15, 0.2) is 18.2 Å². The lowest BCUT2D eigenvalue weighted by Crippen LogP contribution is -2.42. The Balaban J connectivity index is 1.88. The van der Waals surface area contributed by atoms with E-state index in [2.05, 4.69) is 5.32 Å². The number of rotatable bonds is 3. The number of amides is 1. The number of hydrogen-bond donors (Lipinski definition) is 2. The van der Waals surface area contributed by atoms with Crippen LogP contribution < -0.4 is 11.1 Å². The van der Waals surface area contributed by atoms with Gasteiger partial charge in [-0.3, -0.25) is 0 Å². The van der Waals surface area contributed by atoms with Gasteiger partial charge in [-0.25, -0.2) is 4.79 Å². The highest BCUT2D eigenvalue weighted by molar-refractivity contribution is 6.31. The zero-order valence-corrected chi connectivity index (χ0v) is 12.3. The molecular weight excluding hydrogens is 278 g/mol. The first-order valence-corrected chi connectivity index (χ1v) is 7.21. The predicted octanol–water partition coefficient (Wildman–Crippen LogP) is 2.96. The number of likely N-dealkylation sites (tertiary alicyclic amines) is 1. The number of ether oxygens (including phenoxy) is 1. The van der Waals surface area contributed by atoms with Crippen molar-refractivity contribution in [1.82, 2.24) is 4.90 Å². The Hall–Kier alpha value is -1.62. The molecule has 0 saturated carbocycles. The molecule has 0 radical (unpaired) electrons. The maximum atomic E-state index is 11.6. The SMILES string of the molecule is CCOC(=O)N1CCC(Nc2cc(Cl)ccc2N)CC1. The van der Waals surface area contributed by atoms with Crippen LogP contribution >= 0.6 is 11.6 Å². The van der Waals surface area contributed by atoms with Gasteiger partial charge in [0.05, 0.1) is 18.0 Å². The molecule has 1 amide bonds. The van der Waals surface area contributed by atoms with Crippen LogP contribution in [-0.4, -0.2) is 36.7 Å². The summed E-state index contributed by atoms with van der Waals surface area (Å²) in [6.07, 6.45) is 1.50. The summed E-state index contributed by atoms with van der Waals surface area (Å²) in [6, 6.07) is 5.68. The highest BCUT2D eigenvalue weighted by Gasteiger charge is 2.23. The molecule has 0 aliphatic carbocycles. The Morgan fingerprint density at radius 2 is 2.20 bits per heavy atom. The highest BCUT2D eigenvalue weighted by atomic mass is 35.5. The molecule has 3 N–H and O–H groups in total. The summed E-state index contributed by atoms with van der Waals surface area (Å²) in [5.74, 6) is 0. The van der Waals surface area contributed by atoms with E-state index in [0.29, 0.717) is 36.4 Å². The lowest BCUT2D eigenvalue weighted by molar-refractivity contribution is 0.0983. The Kier molecular flexibility index (Phi) is 4.95. The molecule has 2 rings (SSSR count). The lowest BCUT2D eigenvalue weighted by Gasteiger charge is -2.32. The van der Waals surface area contributed by atoms with Crippen molar-refractivity contribution >= 4 is 29.1 Å². The van der Waals surface area contributed by atoms with E-state index >= 15 is 0 Å². The molecule has 20 heavy (non-hydrogen) atoms. The smallest absolute Gasteiger partial charge is 0.409 e. The molecule has 0 spiro atoms. The van der Waals surface area contributed by atoms with Gasteiger partial charge in [-0.05, 0) is 38.0 Å². The van der Waals surface area contributed by atoms with Gasteiger partial charge in [0, 0.05) is 24.2 Å². The maximum Gasteiger partial charge on any atom is 0.409 e. The first kappa shape index (κ1) is 14.8. The standard InChI is InChI=1S/C14H20ClN3O2/c1-2-20-14(19)18-7-5-11(6-8-18)17-13-9-10(15)3-4-12(13)16/h3-4,9,11,17H,2,5-8,16H2,1H3. The maximum absolute atomic E-state index is 11.6. The van der Waals surface area contributed by atoms with Crippen LogP contribution in [-0.2, 0) is 4.74 Å². The van der Waals surface area contributed by atoms with Crippen molar-refractivity contribution in [2.45, 2.75) is 25.8 Å². The van der Waals surface area contributed by atoms with E-state index in [-0.39, 0.29) is 6.09 Å². The Morgan fingerprint density at radius 1 is 1.50 bits per heavy atom. The third-order valence-corrected chi connectivity index (χ3v) is 3.63. The number of piperidine rings is 1. The molecule has 1 saturated heterocycles. The second kappa shape index (κ2) is 6.70. The van der Waals surface area contributed by atoms with Gasteiger partial charge in [0.2, 0.25) is 0 Å². The van der Waals surface area contributed by atoms with Crippen LogP contribution in [0.3, 0.4) is 0 Å². The second-order valence-corrected chi connectivity index (χ2v) is 5.27. The molecular formula is C14H20ClN3O2. The summed E-state index contributed by atoms with van der Waals surface area (Å²) in [7, 11) is 0. The molecule has 0 bridgehead atoms. The third kappa shape index (κ3) is 3.70. The van der Waals surface area contributed by atoms with Gasteiger partial charge in [0.15, 0.2) is 0 Å². The van der Waals surface area contributed by atoms with Gasteiger partial charge in [-0.1, -0.05) is 11.6 Å². The van der Waals surface area contributed by atoms with Crippen molar-refractivity contribution in [3.8, 4) is 0 Å². The van der Waals surface area contributed by atoms with Crippen molar-refractivity contribution in [3.63, 3.8) is 0 Å². The number of nitrogens with two attached hydrogens (primary N) is 1. The van der Waals surface area contributed by atoms with Crippen molar-refractivity contribution in [2.75, 3.05) is 30.7 Å². The molecule has 0 unspecified atom stereocenters. The van der Waals surface area contributed by atoms with Gasteiger partial charge in [-0.2, -0.15) is 0 Å². The van der Waals surface area contributed by atoms with Gasteiger partial charge < -0.3 is 20.7 Å². The summed E-state index contributed by atoms with van der Waals surface area (Å²) >= 11 is 5.97. The number of carbonyl (C=O) groups excluding carboxylic acids is 1. The Bertz CT molecular complexity index is 473. The Labute approximate surface area is 124 Å². The number of nitrogens with one attached hydrogen (secondary N) is 1. The van der Waals surface area contributed by atoms with E-state index in [1.54, 1.807) is 17.0 Å². The van der Waals surface area contributed by atoms with Crippen LogP contribution in [0.1, 0.15) is 19.8 Å². The van der Waals surface area contributed by atoms with Gasteiger partial charge >= 0.3 is 6.09 Å². The van der Waals surface area contributed by atoms with Crippen LogP contribution in [0.2, 0.25) is 5.02 Å². The van der Waals surface area contributed by atoms with Crippen molar-refractivity contribution < 1.29 is 9.53 Å². The van der Waals surface area contributed by atoms with Crippen molar-refractivity contribution in [2.24, 2.45) is 0 Å². The van der Waals surface area contributed by atoms with Crippen LogP contribution in [0.4, 0.5) is 16.2 Å². The quantitative estimate of drug-likeness (QED) is 0.842. The zero-order chi connectivity index (χ0) is 14.5. The molecule has 0 aromatic heterocycles. The average molecular weight is 298 g/mol. The van der Waals surface area contributed by atoms with Gasteiger partial charge in [-0.15, -0.1) is 0 Å². The number of hydrogen-bond acceptors (Lipinski definition) is 4. The summed E-state index contributed by atoms with van der Waals surface area (Å²) in [5, 5.41) is 4.05. The number of benzene rings is 1. The molecule has 110 valence electrons. The average Bonchev–Trinajstić information content (AvgIpc) is 2.44. The number of nitrogens with zero attached hydrogens (tertiary/aromatic N) is 1. The van der Waals surface area contributed by atoms with Gasteiger partial charge in [0.1, 0.15) is 0 Å². The second-order valence-electron chi connectivity index (χ2n) is 4.84. The molecule has 1 fully saturated rings. The normalized spacial score (nSPS) is 16.0. The predicted molar refractivity (Wildman–Crippen MR) is 81.1 cm³/mol. The van der Waals surface area contributed by atoms with Crippen LogP contribution in [0.25, 0.3) is 0 Å². The fraction of sp³-hybridized carbons (Fsp3) is 0.500. The van der Waals surface area contributed by atoms with E-state index in [4.69, 9.17) is 22.1 Å². The highest BCUT2D eigenvalue weighted by Crippen LogP contribution is 2.25. The zero-order valence-electron chi connectivity index (χ0n) is 11.6. The first-order valence-electron chi connectivity index (χ1n) is 6.83.